The van der Waals surface area contributed by atoms with Crippen LogP contribution in [0.2, 0.25) is 0 Å². The Bertz CT molecular complexity index is 1360. The largest absolute Gasteiger partial charge is 0.369 e. The number of nitrogens with two attached hydrogens (primary N) is 1. The number of hydrogen-bond acceptors (Lipinski definition) is 4. The van der Waals surface area contributed by atoms with Crippen LogP contribution in [0.1, 0.15) is 5.69 Å². The number of nitrogens with zero attached hydrogens (tertiary/aromatic N) is 2. The summed E-state index contributed by atoms with van der Waals surface area (Å²) in [6.45, 7) is 0. The first-order chi connectivity index (χ1) is 13.7. The maximum absolute atomic E-state index is 13.4. The highest BCUT2D eigenvalue weighted by molar-refractivity contribution is 7.92. The summed E-state index contributed by atoms with van der Waals surface area (Å²) >= 11 is 0. The highest BCUT2D eigenvalue weighted by Crippen LogP contribution is 2.32. The van der Waals surface area contributed by atoms with E-state index in [0.717, 1.165) is 17.0 Å². The molecule has 9 heteroatoms. The van der Waals surface area contributed by atoms with Gasteiger partial charge in [-0.25, -0.2) is 17.5 Å². The zero-order chi connectivity index (χ0) is 20.8. The number of rotatable bonds is 5. The molecule has 0 saturated heterocycles. The van der Waals surface area contributed by atoms with Crippen molar-refractivity contribution in [1.29, 1.82) is 0 Å². The van der Waals surface area contributed by atoms with Crippen LogP contribution in [0.4, 0.5) is 10.1 Å². The molecule has 0 radical (unpaired) electrons. The molecule has 0 aliphatic rings. The Balaban J connectivity index is 2.04. The Morgan fingerprint density at radius 1 is 1.10 bits per heavy atom. The molecule has 0 atom stereocenters. The third-order valence-electron chi connectivity index (χ3n) is 4.45. The van der Waals surface area contributed by atoms with Gasteiger partial charge in [-0.2, -0.15) is 5.10 Å². The molecule has 0 fully saturated rings. The van der Waals surface area contributed by atoms with Crippen molar-refractivity contribution in [2.75, 3.05) is 11.0 Å². The number of nitrogens with one attached hydrogen (secondary N) is 1. The number of anilines is 1. The second-order valence-corrected chi connectivity index (χ2v) is 8.50. The van der Waals surface area contributed by atoms with Gasteiger partial charge in [0.1, 0.15) is 5.82 Å². The van der Waals surface area contributed by atoms with E-state index in [-0.39, 0.29) is 12.2 Å². The van der Waals surface area contributed by atoms with Crippen molar-refractivity contribution < 1.29 is 17.6 Å². The summed E-state index contributed by atoms with van der Waals surface area (Å²) < 4.78 is 40.7. The van der Waals surface area contributed by atoms with Gasteiger partial charge in [-0.3, -0.25) is 9.52 Å². The smallest absolute Gasteiger partial charge is 0.229 e. The highest BCUT2D eigenvalue weighted by Gasteiger charge is 2.17. The number of hydrogen-bond donors (Lipinski definition) is 2. The Labute approximate surface area is 166 Å². The van der Waals surface area contributed by atoms with Crippen LogP contribution in [-0.4, -0.2) is 30.4 Å². The number of carbonyl (C=O) groups is 1. The molecular formula is C20H17FN4O3S. The number of primary amides is 1. The third kappa shape index (κ3) is 3.77. The molecule has 0 aliphatic heterocycles. The van der Waals surface area contributed by atoms with Crippen molar-refractivity contribution in [3.05, 3.63) is 66.1 Å². The summed E-state index contributed by atoms with van der Waals surface area (Å²) in [7, 11) is -3.45. The average molecular weight is 412 g/mol. The fraction of sp³-hybridized carbons (Fsp3) is 0.100. The van der Waals surface area contributed by atoms with Crippen LogP contribution in [-0.2, 0) is 21.2 Å². The molecule has 7 nitrogen and oxygen atoms in total. The molecule has 29 heavy (non-hydrogen) atoms. The first-order valence-corrected chi connectivity index (χ1v) is 10.6. The zero-order valence-corrected chi connectivity index (χ0v) is 16.2. The molecule has 1 aromatic heterocycles. The molecule has 0 bridgehead atoms. The normalized spacial score (nSPS) is 11.8. The van der Waals surface area contributed by atoms with Crippen molar-refractivity contribution in [3.8, 4) is 5.69 Å². The van der Waals surface area contributed by atoms with Gasteiger partial charge < -0.3 is 5.73 Å². The number of aromatic nitrogens is 2. The quantitative estimate of drug-likeness (QED) is 0.525. The molecule has 4 aromatic rings. The molecule has 1 amide bonds. The molecule has 4 rings (SSSR count). The minimum Gasteiger partial charge on any atom is -0.369 e. The van der Waals surface area contributed by atoms with Gasteiger partial charge >= 0.3 is 0 Å². The Morgan fingerprint density at radius 2 is 1.79 bits per heavy atom. The van der Waals surface area contributed by atoms with Gasteiger partial charge in [0, 0.05) is 16.5 Å². The fourth-order valence-electron chi connectivity index (χ4n) is 3.33. The van der Waals surface area contributed by atoms with Crippen molar-refractivity contribution in [1.82, 2.24) is 9.78 Å². The van der Waals surface area contributed by atoms with E-state index in [9.17, 15) is 17.6 Å². The van der Waals surface area contributed by atoms with E-state index >= 15 is 0 Å². The Morgan fingerprint density at radius 3 is 2.45 bits per heavy atom. The van der Waals surface area contributed by atoms with Crippen LogP contribution in [0, 0.1) is 5.82 Å². The van der Waals surface area contributed by atoms with E-state index in [1.807, 2.05) is 12.1 Å². The lowest BCUT2D eigenvalue weighted by Gasteiger charge is -2.09. The zero-order valence-electron chi connectivity index (χ0n) is 15.4. The molecule has 0 aliphatic carbocycles. The Hall–Kier alpha value is -3.46. The number of carbonyl (C=O) groups excluding carboxylic acids is 1. The van der Waals surface area contributed by atoms with Gasteiger partial charge in [-0.15, -0.1) is 0 Å². The Kier molecular flexibility index (Phi) is 4.46. The number of fused-ring (bicyclic) bond motifs is 3. The standard InChI is InChI=1S/C20H17FN4O3S/c1-29(27,28)24-14-6-2-12-3-9-16-18(11-19(22)26)23-25(20(16)17(12)10-14)15-7-4-13(21)5-8-15/h2-10,24H,11H2,1H3,(H2,22,26). The van der Waals surface area contributed by atoms with Gasteiger partial charge in [0.2, 0.25) is 15.9 Å². The second kappa shape index (κ2) is 6.85. The van der Waals surface area contributed by atoms with Gasteiger partial charge in [-0.05, 0) is 41.8 Å². The highest BCUT2D eigenvalue weighted by atomic mass is 32.2. The van der Waals surface area contributed by atoms with E-state index in [0.29, 0.717) is 28.0 Å². The number of sulfonamides is 1. The van der Waals surface area contributed by atoms with Gasteiger partial charge in [0.15, 0.2) is 0 Å². The molecule has 3 N–H and O–H groups in total. The number of halogens is 1. The van der Waals surface area contributed by atoms with Crippen LogP contribution < -0.4 is 10.5 Å². The lowest BCUT2D eigenvalue weighted by atomic mass is 10.0. The minimum atomic E-state index is -3.45. The van der Waals surface area contributed by atoms with Gasteiger partial charge in [0.05, 0.1) is 29.6 Å². The summed E-state index contributed by atoms with van der Waals surface area (Å²) in [6.07, 6.45) is 1.02. The van der Waals surface area contributed by atoms with Crippen LogP contribution in [0.3, 0.4) is 0 Å². The number of amides is 1. The van der Waals surface area contributed by atoms with Crippen molar-refractivity contribution in [2.24, 2.45) is 5.73 Å². The molecule has 0 unspecified atom stereocenters. The summed E-state index contributed by atoms with van der Waals surface area (Å²) in [5.41, 5.74) is 7.53. The van der Waals surface area contributed by atoms with E-state index < -0.39 is 15.9 Å². The van der Waals surface area contributed by atoms with E-state index in [1.54, 1.807) is 35.0 Å². The lowest BCUT2D eigenvalue weighted by molar-refractivity contribution is -0.117. The molecule has 1 heterocycles. The van der Waals surface area contributed by atoms with Crippen molar-refractivity contribution in [3.63, 3.8) is 0 Å². The summed E-state index contributed by atoms with van der Waals surface area (Å²) in [5, 5.41) is 6.82. The topological polar surface area (TPSA) is 107 Å². The SMILES string of the molecule is CS(=O)(=O)Nc1ccc2ccc3c(CC(N)=O)nn(-c4ccc(F)cc4)c3c2c1. The predicted octanol–water partition coefficient (Wildman–Crippen LogP) is 2.72. The molecule has 148 valence electrons. The molecule has 3 aromatic carbocycles. The lowest BCUT2D eigenvalue weighted by Crippen LogP contribution is -2.14. The van der Waals surface area contributed by atoms with E-state index in [2.05, 4.69) is 9.82 Å². The first-order valence-electron chi connectivity index (χ1n) is 8.68. The minimum absolute atomic E-state index is 0.0581. The monoisotopic (exact) mass is 412 g/mol. The average Bonchev–Trinajstić information content (AvgIpc) is 2.99. The van der Waals surface area contributed by atoms with Crippen LogP contribution in [0.25, 0.3) is 27.4 Å². The predicted molar refractivity (Wildman–Crippen MR) is 110 cm³/mol. The summed E-state index contributed by atoms with van der Waals surface area (Å²) in [6, 6.07) is 14.7. The van der Waals surface area contributed by atoms with Crippen LogP contribution in [0.15, 0.2) is 54.6 Å². The maximum atomic E-state index is 13.4. The van der Waals surface area contributed by atoms with E-state index in [4.69, 9.17) is 5.73 Å². The molecule has 0 spiro atoms. The van der Waals surface area contributed by atoms with Gasteiger partial charge in [0.25, 0.3) is 0 Å². The molecule has 0 saturated carbocycles. The maximum Gasteiger partial charge on any atom is 0.229 e. The van der Waals surface area contributed by atoms with Crippen LogP contribution in [0.5, 0.6) is 0 Å². The second-order valence-electron chi connectivity index (χ2n) is 6.75. The van der Waals surface area contributed by atoms with Gasteiger partial charge in [-0.1, -0.05) is 18.2 Å². The summed E-state index contributed by atoms with van der Waals surface area (Å²) in [5.74, 6) is -0.907. The fourth-order valence-corrected chi connectivity index (χ4v) is 3.89. The first kappa shape index (κ1) is 18.9. The van der Waals surface area contributed by atoms with Crippen molar-refractivity contribution >= 4 is 43.3 Å². The van der Waals surface area contributed by atoms with E-state index in [1.165, 1.54) is 12.1 Å². The summed E-state index contributed by atoms with van der Waals surface area (Å²) in [4.78, 5) is 11.5. The van der Waals surface area contributed by atoms with Crippen LogP contribution >= 0.6 is 0 Å². The molecular weight excluding hydrogens is 395 g/mol. The van der Waals surface area contributed by atoms with Crippen molar-refractivity contribution in [2.45, 2.75) is 6.42 Å². The third-order valence-corrected chi connectivity index (χ3v) is 5.06. The number of benzene rings is 3.